The highest BCUT2D eigenvalue weighted by Crippen LogP contribution is 2.47. The minimum absolute atomic E-state index is 0.0346. The van der Waals surface area contributed by atoms with Crippen molar-refractivity contribution in [1.82, 2.24) is 25.2 Å². The Kier molecular flexibility index (Phi) is 11.2. The van der Waals surface area contributed by atoms with Gasteiger partial charge in [0.15, 0.2) is 5.75 Å². The smallest absolute Gasteiger partial charge is 0.427 e. The van der Waals surface area contributed by atoms with Gasteiger partial charge in [-0.2, -0.15) is 13.2 Å². The summed E-state index contributed by atoms with van der Waals surface area (Å²) >= 11 is 0. The topological polar surface area (TPSA) is 186 Å². The van der Waals surface area contributed by atoms with E-state index in [1.54, 1.807) is 25.3 Å². The molecule has 2 aliphatic carbocycles. The fourth-order valence-electron chi connectivity index (χ4n) is 8.24. The van der Waals surface area contributed by atoms with Crippen molar-refractivity contribution in [3.05, 3.63) is 36.5 Å². The van der Waals surface area contributed by atoms with Crippen LogP contribution in [0.3, 0.4) is 0 Å². The van der Waals surface area contributed by atoms with Crippen molar-refractivity contribution in [2.75, 3.05) is 31.6 Å². The molecule has 3 fully saturated rings. The first kappa shape index (κ1) is 42.3. The zero-order valence-corrected chi connectivity index (χ0v) is 34.5. The van der Waals surface area contributed by atoms with Crippen LogP contribution in [0, 0.1) is 17.8 Å². The Morgan fingerprint density at radius 3 is 2.53 bits per heavy atom. The van der Waals surface area contributed by atoms with Crippen molar-refractivity contribution in [1.29, 1.82) is 0 Å². The number of likely N-dealkylation sites (N-methyl/N-ethyl adjacent to an activating group) is 1. The van der Waals surface area contributed by atoms with Crippen LogP contribution in [0.15, 0.2) is 36.5 Å². The Morgan fingerprint density at radius 1 is 1.07 bits per heavy atom. The number of amides is 4. The van der Waals surface area contributed by atoms with Gasteiger partial charge in [0.25, 0.3) is 5.91 Å². The van der Waals surface area contributed by atoms with Crippen LogP contribution in [-0.4, -0.2) is 110 Å². The molecule has 4 heterocycles. The molecule has 3 aliphatic heterocycles. The molecule has 0 bridgehead atoms. The predicted octanol–water partition coefficient (Wildman–Crippen LogP) is 4.34. The Labute approximate surface area is 340 Å². The van der Waals surface area contributed by atoms with Crippen LogP contribution >= 0.6 is 0 Å². The van der Waals surface area contributed by atoms with Gasteiger partial charge in [0.1, 0.15) is 30.3 Å². The molecule has 59 heavy (non-hydrogen) atoms. The van der Waals surface area contributed by atoms with Gasteiger partial charge in [0, 0.05) is 36.4 Å². The summed E-state index contributed by atoms with van der Waals surface area (Å²) in [5.41, 5.74) is -3.63. The average molecular weight is 849 g/mol. The first-order valence-corrected chi connectivity index (χ1v) is 21.6. The summed E-state index contributed by atoms with van der Waals surface area (Å²) in [4.78, 5) is 64.0. The molecule has 7 atom stereocenters. The summed E-state index contributed by atoms with van der Waals surface area (Å²) in [5.74, 6) is -2.79. The highest BCUT2D eigenvalue weighted by molar-refractivity contribution is 7.91. The number of aromatic nitrogens is 1. The number of carbonyl (C=O) groups excluding carboxylic acids is 4. The van der Waals surface area contributed by atoms with Crippen molar-refractivity contribution in [3.8, 4) is 11.6 Å². The Morgan fingerprint density at radius 2 is 1.81 bits per heavy atom. The van der Waals surface area contributed by atoms with Crippen molar-refractivity contribution < 1.29 is 55.0 Å². The van der Waals surface area contributed by atoms with Crippen molar-refractivity contribution in [3.63, 3.8) is 0 Å². The molecular weight excluding hydrogens is 798 g/mol. The molecule has 2 aromatic rings. The monoisotopic (exact) mass is 848 g/mol. The fraction of sp³-hybridized carbons (Fsp3) is 0.625. The molecule has 5 aliphatic rings. The van der Waals surface area contributed by atoms with E-state index in [2.05, 4.69) is 25.2 Å². The van der Waals surface area contributed by atoms with Crippen LogP contribution in [0.1, 0.15) is 72.6 Å². The van der Waals surface area contributed by atoms with E-state index in [9.17, 15) is 40.8 Å². The maximum atomic E-state index is 14.8. The van der Waals surface area contributed by atoms with E-state index >= 15 is 0 Å². The average Bonchev–Trinajstić information content (AvgIpc) is 4.08. The zero-order valence-electron chi connectivity index (χ0n) is 33.6. The van der Waals surface area contributed by atoms with E-state index in [0.29, 0.717) is 70.2 Å². The quantitative estimate of drug-likeness (QED) is 0.337. The van der Waals surface area contributed by atoms with E-state index in [1.807, 2.05) is 32.2 Å². The lowest BCUT2D eigenvalue weighted by Gasteiger charge is -2.34. The lowest BCUT2D eigenvalue weighted by Crippen LogP contribution is -2.59. The summed E-state index contributed by atoms with van der Waals surface area (Å²) in [5, 5.41) is 5.83. The number of ether oxygens (including phenoxy) is 3. The molecule has 3 N–H and O–H groups in total. The number of hydrogen-bond donors (Lipinski definition) is 3. The summed E-state index contributed by atoms with van der Waals surface area (Å²) in [6.45, 7) is 5.98. The number of alkyl halides is 3. The summed E-state index contributed by atoms with van der Waals surface area (Å²) in [6.07, 6.45) is 0.321. The molecule has 1 aromatic heterocycles. The predicted molar refractivity (Wildman–Crippen MR) is 209 cm³/mol. The van der Waals surface area contributed by atoms with E-state index < -0.39 is 86.4 Å². The first-order chi connectivity index (χ1) is 27.7. The van der Waals surface area contributed by atoms with Gasteiger partial charge in [-0.1, -0.05) is 26.0 Å². The largest absolute Gasteiger partial charge is 0.489 e. The number of pyridine rings is 1. The summed E-state index contributed by atoms with van der Waals surface area (Å²) in [7, 11) is -2.03. The van der Waals surface area contributed by atoms with Crippen molar-refractivity contribution in [2.45, 2.75) is 113 Å². The Balaban J connectivity index is 1.23. The summed E-state index contributed by atoms with van der Waals surface area (Å²) in [6, 6.07) is 2.76. The van der Waals surface area contributed by atoms with Gasteiger partial charge < -0.3 is 34.6 Å². The van der Waals surface area contributed by atoms with Gasteiger partial charge in [-0.3, -0.25) is 19.1 Å². The number of benzene rings is 1. The third-order valence-corrected chi connectivity index (χ3v) is 13.9. The number of sulfonamides is 1. The molecule has 7 rings (SSSR count). The molecule has 0 spiro atoms. The van der Waals surface area contributed by atoms with Gasteiger partial charge in [-0.25, -0.2) is 18.2 Å². The molecule has 0 unspecified atom stereocenters. The molecule has 1 aromatic carbocycles. The maximum absolute atomic E-state index is 14.8. The SMILES string of the molecule is C[C@@H]1CC/C=C\[C@@H]2C[C@@]2(C(=O)NS(=O)(=O)C2CC2)NC(=O)[C@@H]2C[C@@H](Oc3nccc4c5c(ccc34)N(C)CCO5)CN2C(=O)[C@@H](NC(=O)OC(C)(C)C(F)(F)F)[C@H](C)C1. The van der Waals surface area contributed by atoms with E-state index in [4.69, 9.17) is 14.2 Å². The number of carbonyl (C=O) groups is 4. The van der Waals surface area contributed by atoms with Gasteiger partial charge in [0.05, 0.1) is 24.0 Å². The second kappa shape index (κ2) is 15.7. The van der Waals surface area contributed by atoms with Crippen LogP contribution in [0.25, 0.3) is 10.8 Å². The third kappa shape index (κ3) is 8.62. The highest BCUT2D eigenvalue weighted by atomic mass is 32.2. The second-order valence-electron chi connectivity index (χ2n) is 17.2. The fourth-order valence-corrected chi connectivity index (χ4v) is 9.61. The molecule has 2 saturated carbocycles. The maximum Gasteiger partial charge on any atom is 0.427 e. The van der Waals surface area contributed by atoms with Gasteiger partial charge in [0.2, 0.25) is 33.3 Å². The standard InChI is InChI=1S/C40H51F3N6O9S/c1-22-8-6-7-9-24-20-39(24,36(52)47-59(54,55)26-10-11-26)46-33(50)30-19-25(57-34-28-12-13-29-32(27(28)14-15-44-34)56-17-16-48(29)5)21-49(30)35(51)31(23(2)18-22)45-37(53)58-38(3,4)40(41,42)43/h7,9,12-15,22-26,30-31H,6,8,10-11,16-21H2,1-5H3,(H,45,53)(H,46,50)(H,47,52)/b9-7-/t22-,23-,24-,25-,30+,31+,39-/m1/s1. The van der Waals surface area contributed by atoms with Crippen LogP contribution in [0.5, 0.6) is 11.6 Å². The normalized spacial score (nSPS) is 29.7. The Bertz CT molecular complexity index is 2150. The van der Waals surface area contributed by atoms with Gasteiger partial charge in [-0.05, 0) is 82.4 Å². The lowest BCUT2D eigenvalue weighted by atomic mass is 9.88. The highest BCUT2D eigenvalue weighted by Gasteiger charge is 2.62. The number of anilines is 1. The molecule has 15 nitrogen and oxygen atoms in total. The number of rotatable bonds is 7. The number of hydrogen-bond acceptors (Lipinski definition) is 11. The zero-order chi connectivity index (χ0) is 42.7. The van der Waals surface area contributed by atoms with Crippen LogP contribution < -0.4 is 29.7 Å². The first-order valence-electron chi connectivity index (χ1n) is 20.0. The van der Waals surface area contributed by atoms with E-state index in [0.717, 1.165) is 11.1 Å². The van der Waals surface area contributed by atoms with Crippen LogP contribution in [0.4, 0.5) is 23.7 Å². The second-order valence-corrected chi connectivity index (χ2v) is 19.1. The van der Waals surface area contributed by atoms with Crippen molar-refractivity contribution in [2.24, 2.45) is 17.8 Å². The molecule has 0 radical (unpaired) electrons. The summed E-state index contributed by atoms with van der Waals surface area (Å²) < 4.78 is 86.5. The lowest BCUT2D eigenvalue weighted by molar-refractivity contribution is -0.244. The molecular formula is C40H51F3N6O9S. The van der Waals surface area contributed by atoms with Crippen LogP contribution in [0.2, 0.25) is 0 Å². The number of nitrogens with zero attached hydrogens (tertiary/aromatic N) is 3. The number of alkyl carbamates (subject to hydrolysis) is 1. The number of nitrogens with one attached hydrogen (secondary N) is 3. The van der Waals surface area contributed by atoms with Crippen molar-refractivity contribution >= 4 is 50.3 Å². The van der Waals surface area contributed by atoms with E-state index in [-0.39, 0.29) is 31.2 Å². The van der Waals surface area contributed by atoms with Crippen LogP contribution in [-0.2, 0) is 29.1 Å². The molecule has 4 amide bonds. The minimum atomic E-state index is -4.91. The number of allylic oxidation sites excluding steroid dienone is 1. The van der Waals surface area contributed by atoms with E-state index in [1.165, 1.54) is 4.90 Å². The van der Waals surface area contributed by atoms with Gasteiger partial charge >= 0.3 is 12.3 Å². The number of fused-ring (bicyclic) bond motifs is 5. The third-order valence-electron chi connectivity index (χ3n) is 12.1. The number of halogens is 3. The molecule has 322 valence electrons. The molecule has 1 saturated heterocycles. The van der Waals surface area contributed by atoms with Gasteiger partial charge in [-0.15, -0.1) is 0 Å². The molecule has 19 heteroatoms. The Hall–Kier alpha value is -4.81. The minimum Gasteiger partial charge on any atom is -0.489 e.